The van der Waals surface area contributed by atoms with Gasteiger partial charge in [0.1, 0.15) is 4.88 Å². The SMILES string of the molecule is COC(=O)c1cc2cccc(NCC3CCN(C)CC3)c2s1. The first-order valence-corrected chi connectivity index (χ1v) is 8.52. The van der Waals surface area contributed by atoms with E-state index in [4.69, 9.17) is 4.74 Å². The van der Waals surface area contributed by atoms with Crippen LogP contribution in [0.15, 0.2) is 24.3 Å². The van der Waals surface area contributed by atoms with Crippen LogP contribution in [0.2, 0.25) is 0 Å². The van der Waals surface area contributed by atoms with Crippen LogP contribution in [0.3, 0.4) is 0 Å². The Balaban J connectivity index is 1.73. The number of nitrogens with zero attached hydrogens (tertiary/aromatic N) is 1. The summed E-state index contributed by atoms with van der Waals surface area (Å²) in [6.07, 6.45) is 2.49. The van der Waals surface area contributed by atoms with Gasteiger partial charge in [0, 0.05) is 6.54 Å². The minimum absolute atomic E-state index is 0.262. The number of rotatable bonds is 4. The Kier molecular flexibility index (Phi) is 4.64. The number of fused-ring (bicyclic) bond motifs is 1. The summed E-state index contributed by atoms with van der Waals surface area (Å²) in [6.45, 7) is 3.36. The average molecular weight is 318 g/mol. The molecule has 0 unspecified atom stereocenters. The third-order valence-corrected chi connectivity index (χ3v) is 5.51. The van der Waals surface area contributed by atoms with Crippen molar-refractivity contribution < 1.29 is 9.53 Å². The fraction of sp³-hybridized carbons (Fsp3) is 0.471. The molecule has 0 aliphatic carbocycles. The van der Waals surface area contributed by atoms with Crippen molar-refractivity contribution >= 4 is 33.1 Å². The second kappa shape index (κ2) is 6.67. The van der Waals surface area contributed by atoms with Crippen LogP contribution in [0.5, 0.6) is 0 Å². The molecule has 22 heavy (non-hydrogen) atoms. The van der Waals surface area contributed by atoms with Gasteiger partial charge in [-0.2, -0.15) is 0 Å². The highest BCUT2D eigenvalue weighted by Crippen LogP contribution is 2.32. The number of anilines is 1. The van der Waals surface area contributed by atoms with Gasteiger partial charge in [-0.05, 0) is 56.4 Å². The number of carbonyl (C=O) groups is 1. The van der Waals surface area contributed by atoms with Crippen LogP contribution < -0.4 is 5.32 Å². The zero-order valence-corrected chi connectivity index (χ0v) is 13.9. The molecule has 4 nitrogen and oxygen atoms in total. The quantitative estimate of drug-likeness (QED) is 0.877. The van der Waals surface area contributed by atoms with E-state index in [0.717, 1.165) is 28.2 Å². The highest BCUT2D eigenvalue weighted by Gasteiger charge is 2.17. The van der Waals surface area contributed by atoms with E-state index in [-0.39, 0.29) is 5.97 Å². The molecule has 0 saturated carbocycles. The largest absolute Gasteiger partial charge is 0.465 e. The molecule has 118 valence electrons. The first kappa shape index (κ1) is 15.3. The Morgan fingerprint density at radius 3 is 2.91 bits per heavy atom. The van der Waals surface area contributed by atoms with Gasteiger partial charge in [-0.15, -0.1) is 11.3 Å². The molecule has 1 fully saturated rings. The molecular weight excluding hydrogens is 296 g/mol. The van der Waals surface area contributed by atoms with Gasteiger partial charge in [0.05, 0.1) is 17.5 Å². The van der Waals surface area contributed by atoms with Crippen molar-refractivity contribution in [2.24, 2.45) is 5.92 Å². The number of hydrogen-bond donors (Lipinski definition) is 1. The number of likely N-dealkylation sites (tertiary alicyclic amines) is 1. The smallest absolute Gasteiger partial charge is 0.348 e. The first-order valence-electron chi connectivity index (χ1n) is 7.70. The number of methoxy groups -OCH3 is 1. The molecule has 0 amide bonds. The third kappa shape index (κ3) is 3.25. The standard InChI is InChI=1S/C17H22N2O2S/c1-19-8-6-12(7-9-19)11-18-14-5-3-4-13-10-15(17(20)21-2)22-16(13)14/h3-5,10,12,18H,6-9,11H2,1-2H3. The number of piperidine rings is 1. The Morgan fingerprint density at radius 1 is 1.41 bits per heavy atom. The van der Waals surface area contributed by atoms with Gasteiger partial charge < -0.3 is 15.0 Å². The van der Waals surface area contributed by atoms with E-state index in [9.17, 15) is 4.79 Å². The molecule has 1 saturated heterocycles. The van der Waals surface area contributed by atoms with E-state index in [1.165, 1.54) is 44.4 Å². The van der Waals surface area contributed by atoms with Gasteiger partial charge in [-0.25, -0.2) is 4.79 Å². The predicted octanol–water partition coefficient (Wildman–Crippen LogP) is 3.44. The summed E-state index contributed by atoms with van der Waals surface area (Å²) in [7, 11) is 3.61. The van der Waals surface area contributed by atoms with E-state index in [1.807, 2.05) is 18.2 Å². The lowest BCUT2D eigenvalue weighted by Crippen LogP contribution is -2.32. The molecule has 5 heteroatoms. The van der Waals surface area contributed by atoms with Crippen molar-refractivity contribution in [2.45, 2.75) is 12.8 Å². The number of nitrogens with one attached hydrogen (secondary N) is 1. The lowest BCUT2D eigenvalue weighted by atomic mass is 9.97. The lowest BCUT2D eigenvalue weighted by molar-refractivity contribution is 0.0606. The second-order valence-corrected chi connectivity index (χ2v) is 7.01. The summed E-state index contributed by atoms with van der Waals surface area (Å²) < 4.78 is 5.95. The molecule has 1 N–H and O–H groups in total. The molecule has 0 atom stereocenters. The van der Waals surface area contributed by atoms with Crippen LogP contribution in [0, 0.1) is 5.92 Å². The molecule has 1 aromatic carbocycles. The maximum Gasteiger partial charge on any atom is 0.348 e. The number of ether oxygens (including phenoxy) is 1. The number of benzene rings is 1. The normalized spacial score (nSPS) is 16.8. The highest BCUT2D eigenvalue weighted by molar-refractivity contribution is 7.21. The van der Waals surface area contributed by atoms with E-state index in [2.05, 4.69) is 23.3 Å². The Hall–Kier alpha value is -1.59. The van der Waals surface area contributed by atoms with Crippen molar-refractivity contribution in [3.05, 3.63) is 29.1 Å². The molecule has 0 radical (unpaired) electrons. The number of hydrogen-bond acceptors (Lipinski definition) is 5. The zero-order chi connectivity index (χ0) is 15.5. The summed E-state index contributed by atoms with van der Waals surface area (Å²) in [5.41, 5.74) is 1.12. The van der Waals surface area contributed by atoms with Crippen LogP contribution >= 0.6 is 11.3 Å². The lowest BCUT2D eigenvalue weighted by Gasteiger charge is -2.29. The number of carbonyl (C=O) groups excluding carboxylic acids is 1. The summed E-state index contributed by atoms with van der Waals surface area (Å²) in [6, 6.07) is 8.08. The summed E-state index contributed by atoms with van der Waals surface area (Å²) in [5.74, 6) is 0.467. The third-order valence-electron chi connectivity index (χ3n) is 4.35. The Labute approximate surface area is 135 Å². The Morgan fingerprint density at radius 2 is 2.18 bits per heavy atom. The molecule has 2 heterocycles. The maximum atomic E-state index is 11.7. The van der Waals surface area contributed by atoms with Crippen molar-refractivity contribution in [3.63, 3.8) is 0 Å². The average Bonchev–Trinajstić information content (AvgIpc) is 2.98. The van der Waals surface area contributed by atoms with Gasteiger partial charge in [0.2, 0.25) is 0 Å². The van der Waals surface area contributed by atoms with Crippen LogP contribution in [-0.4, -0.2) is 44.7 Å². The van der Waals surface area contributed by atoms with Crippen LogP contribution in [0.25, 0.3) is 10.1 Å². The van der Waals surface area contributed by atoms with Gasteiger partial charge in [0.15, 0.2) is 0 Å². The van der Waals surface area contributed by atoms with Crippen LogP contribution in [-0.2, 0) is 4.74 Å². The molecule has 1 aliphatic heterocycles. The fourth-order valence-electron chi connectivity index (χ4n) is 2.92. The molecule has 0 spiro atoms. The van der Waals surface area contributed by atoms with Crippen molar-refractivity contribution in [1.82, 2.24) is 4.90 Å². The molecule has 0 bridgehead atoms. The van der Waals surface area contributed by atoms with Crippen LogP contribution in [0.4, 0.5) is 5.69 Å². The molecule has 2 aromatic rings. The second-order valence-electron chi connectivity index (χ2n) is 5.95. The minimum Gasteiger partial charge on any atom is -0.465 e. The van der Waals surface area contributed by atoms with E-state index in [0.29, 0.717) is 4.88 Å². The van der Waals surface area contributed by atoms with Crippen molar-refractivity contribution in [3.8, 4) is 0 Å². The monoisotopic (exact) mass is 318 g/mol. The Bertz CT molecular complexity index is 660. The van der Waals surface area contributed by atoms with E-state index >= 15 is 0 Å². The minimum atomic E-state index is -0.262. The van der Waals surface area contributed by atoms with Crippen molar-refractivity contribution in [1.29, 1.82) is 0 Å². The number of thiophene rings is 1. The van der Waals surface area contributed by atoms with E-state index in [1.54, 1.807) is 0 Å². The topological polar surface area (TPSA) is 41.6 Å². The zero-order valence-electron chi connectivity index (χ0n) is 13.1. The molecule has 1 aliphatic rings. The molecule has 1 aromatic heterocycles. The summed E-state index contributed by atoms with van der Waals surface area (Å²) in [4.78, 5) is 14.7. The first-order chi connectivity index (χ1) is 10.7. The molecular formula is C17H22N2O2S. The maximum absolute atomic E-state index is 11.7. The summed E-state index contributed by atoms with van der Waals surface area (Å²) >= 11 is 1.50. The van der Waals surface area contributed by atoms with Gasteiger partial charge in [-0.1, -0.05) is 12.1 Å². The van der Waals surface area contributed by atoms with E-state index < -0.39 is 0 Å². The van der Waals surface area contributed by atoms with Crippen LogP contribution in [0.1, 0.15) is 22.5 Å². The van der Waals surface area contributed by atoms with Gasteiger partial charge in [0.25, 0.3) is 0 Å². The number of esters is 1. The predicted molar refractivity (Wildman–Crippen MR) is 91.9 cm³/mol. The van der Waals surface area contributed by atoms with Crippen molar-refractivity contribution in [2.75, 3.05) is 39.1 Å². The van der Waals surface area contributed by atoms with Gasteiger partial charge >= 0.3 is 5.97 Å². The van der Waals surface area contributed by atoms with Gasteiger partial charge in [-0.3, -0.25) is 0 Å². The molecule has 3 rings (SSSR count). The highest BCUT2D eigenvalue weighted by atomic mass is 32.1. The fourth-order valence-corrected chi connectivity index (χ4v) is 3.99. The summed E-state index contributed by atoms with van der Waals surface area (Å²) in [5, 5.41) is 4.68.